The van der Waals surface area contributed by atoms with Crippen molar-refractivity contribution in [1.82, 2.24) is 9.97 Å². The fraction of sp³-hybridized carbons (Fsp3) is 0.0909. The van der Waals surface area contributed by atoms with E-state index in [0.717, 1.165) is 0 Å². The average molecular weight is 265 g/mol. The summed E-state index contributed by atoms with van der Waals surface area (Å²) in [6.45, 7) is -0.345. The Morgan fingerprint density at radius 2 is 1.83 bits per heavy atom. The molecule has 1 aromatic carbocycles. The second-order valence-corrected chi connectivity index (χ2v) is 5.15. The van der Waals surface area contributed by atoms with Gasteiger partial charge in [-0.05, 0) is 11.6 Å². The molecule has 2 aromatic rings. The number of anilines is 1. The van der Waals surface area contributed by atoms with Gasteiger partial charge in [-0.3, -0.25) is 4.72 Å². The van der Waals surface area contributed by atoms with E-state index < -0.39 is 10.0 Å². The minimum atomic E-state index is -3.75. The number of rotatable bonds is 4. The van der Waals surface area contributed by atoms with Gasteiger partial charge in [0.05, 0.1) is 29.6 Å². The first-order valence-corrected chi connectivity index (χ1v) is 6.58. The third-order valence-electron chi connectivity index (χ3n) is 2.25. The second kappa shape index (κ2) is 5.11. The van der Waals surface area contributed by atoms with Gasteiger partial charge < -0.3 is 5.11 Å². The Labute approximate surface area is 104 Å². The van der Waals surface area contributed by atoms with Crippen LogP contribution in [0.4, 0.5) is 5.69 Å². The summed E-state index contributed by atoms with van der Waals surface area (Å²) in [6, 6.07) is 6.24. The molecule has 0 atom stereocenters. The smallest absolute Gasteiger partial charge is 0.262 e. The Morgan fingerprint density at radius 1 is 1.17 bits per heavy atom. The molecule has 0 saturated heterocycles. The standard InChI is InChI=1S/C11H11N3O3S/c15-7-9-3-1-2-4-11(9)18(16,17)14-10-5-12-8-13-6-10/h1-6,8,14-15H,7H2. The molecule has 0 unspecified atom stereocenters. The van der Waals surface area contributed by atoms with Gasteiger partial charge in [-0.2, -0.15) is 0 Å². The van der Waals surface area contributed by atoms with E-state index in [1.807, 2.05) is 0 Å². The van der Waals surface area contributed by atoms with Crippen LogP contribution in [0.3, 0.4) is 0 Å². The lowest BCUT2D eigenvalue weighted by Gasteiger charge is -2.10. The number of aliphatic hydroxyl groups is 1. The molecule has 0 aliphatic rings. The first-order chi connectivity index (χ1) is 8.63. The quantitative estimate of drug-likeness (QED) is 0.851. The summed E-state index contributed by atoms with van der Waals surface area (Å²) in [6.07, 6.45) is 4.01. The fourth-order valence-corrected chi connectivity index (χ4v) is 2.72. The molecule has 0 spiro atoms. The van der Waals surface area contributed by atoms with Crippen LogP contribution in [0.15, 0.2) is 47.9 Å². The largest absolute Gasteiger partial charge is 0.392 e. The summed E-state index contributed by atoms with van der Waals surface area (Å²) < 4.78 is 26.6. The van der Waals surface area contributed by atoms with Gasteiger partial charge in [-0.25, -0.2) is 18.4 Å². The highest BCUT2D eigenvalue weighted by Crippen LogP contribution is 2.18. The van der Waals surface area contributed by atoms with Crippen molar-refractivity contribution in [3.8, 4) is 0 Å². The van der Waals surface area contributed by atoms with Crippen LogP contribution in [0.25, 0.3) is 0 Å². The van der Waals surface area contributed by atoms with Crippen LogP contribution in [-0.2, 0) is 16.6 Å². The molecule has 0 aliphatic carbocycles. The number of hydrogen-bond donors (Lipinski definition) is 2. The number of benzene rings is 1. The predicted molar refractivity (Wildman–Crippen MR) is 65.2 cm³/mol. The molecular weight excluding hydrogens is 254 g/mol. The summed E-state index contributed by atoms with van der Waals surface area (Å²) in [5.74, 6) is 0. The predicted octanol–water partition coefficient (Wildman–Crippen LogP) is 0.770. The zero-order valence-electron chi connectivity index (χ0n) is 9.31. The van der Waals surface area contributed by atoms with Crippen LogP contribution in [-0.4, -0.2) is 23.5 Å². The zero-order chi connectivity index (χ0) is 13.0. The Bertz CT molecular complexity index is 629. The molecule has 7 heteroatoms. The lowest BCUT2D eigenvalue weighted by Crippen LogP contribution is -2.15. The third kappa shape index (κ3) is 2.63. The van der Waals surface area contributed by atoms with Crippen LogP contribution < -0.4 is 4.72 Å². The van der Waals surface area contributed by atoms with Crippen molar-refractivity contribution < 1.29 is 13.5 Å². The summed E-state index contributed by atoms with van der Waals surface area (Å²) in [4.78, 5) is 7.47. The Balaban J connectivity index is 2.37. The van der Waals surface area contributed by atoms with E-state index in [9.17, 15) is 8.42 Å². The summed E-state index contributed by atoms with van der Waals surface area (Å²) >= 11 is 0. The Morgan fingerprint density at radius 3 is 2.50 bits per heavy atom. The molecule has 0 aliphatic heterocycles. The lowest BCUT2D eigenvalue weighted by molar-refractivity contribution is 0.278. The molecule has 94 valence electrons. The van der Waals surface area contributed by atoms with Crippen molar-refractivity contribution in [2.75, 3.05) is 4.72 Å². The average Bonchev–Trinajstić information content (AvgIpc) is 2.39. The number of nitrogens with one attached hydrogen (secondary N) is 1. The van der Waals surface area contributed by atoms with Crippen LogP contribution in [0.2, 0.25) is 0 Å². The molecule has 1 heterocycles. The monoisotopic (exact) mass is 265 g/mol. The molecule has 0 fully saturated rings. The van der Waals surface area contributed by atoms with Gasteiger partial charge in [0, 0.05) is 0 Å². The maximum absolute atomic E-state index is 12.1. The highest BCUT2D eigenvalue weighted by atomic mass is 32.2. The van der Waals surface area contributed by atoms with E-state index >= 15 is 0 Å². The van der Waals surface area contributed by atoms with Gasteiger partial charge in [-0.1, -0.05) is 18.2 Å². The second-order valence-electron chi connectivity index (χ2n) is 3.50. The number of hydrogen-bond acceptors (Lipinski definition) is 5. The van der Waals surface area contributed by atoms with E-state index in [-0.39, 0.29) is 17.2 Å². The molecule has 18 heavy (non-hydrogen) atoms. The molecule has 0 saturated carbocycles. The Hall–Kier alpha value is -1.99. The van der Waals surface area contributed by atoms with Gasteiger partial charge >= 0.3 is 0 Å². The first kappa shape index (κ1) is 12.5. The maximum atomic E-state index is 12.1. The zero-order valence-corrected chi connectivity index (χ0v) is 10.1. The molecule has 0 bridgehead atoms. The van der Waals surface area contributed by atoms with Crippen molar-refractivity contribution in [2.24, 2.45) is 0 Å². The van der Waals surface area contributed by atoms with Crippen LogP contribution in [0.5, 0.6) is 0 Å². The number of aliphatic hydroxyl groups excluding tert-OH is 1. The summed E-state index contributed by atoms with van der Waals surface area (Å²) in [5.41, 5.74) is 0.604. The normalized spacial score (nSPS) is 11.2. The minimum Gasteiger partial charge on any atom is -0.392 e. The molecule has 1 aromatic heterocycles. The van der Waals surface area contributed by atoms with Crippen molar-refractivity contribution >= 4 is 15.7 Å². The SMILES string of the molecule is O=S(=O)(Nc1cncnc1)c1ccccc1CO. The molecule has 0 amide bonds. The topological polar surface area (TPSA) is 92.2 Å². The Kier molecular flexibility index (Phi) is 3.54. The van der Waals surface area contributed by atoms with Crippen LogP contribution in [0.1, 0.15) is 5.56 Å². The van der Waals surface area contributed by atoms with Gasteiger partial charge in [0.25, 0.3) is 10.0 Å². The van der Waals surface area contributed by atoms with Crippen LogP contribution >= 0.6 is 0 Å². The fourth-order valence-electron chi connectivity index (χ4n) is 1.46. The highest BCUT2D eigenvalue weighted by molar-refractivity contribution is 7.92. The van der Waals surface area contributed by atoms with Gasteiger partial charge in [0.2, 0.25) is 0 Å². The highest BCUT2D eigenvalue weighted by Gasteiger charge is 2.17. The third-order valence-corrected chi connectivity index (χ3v) is 3.73. The van der Waals surface area contributed by atoms with E-state index in [0.29, 0.717) is 5.56 Å². The molecular formula is C11H11N3O3S. The number of sulfonamides is 1. The number of aromatic nitrogens is 2. The maximum Gasteiger partial charge on any atom is 0.262 e. The minimum absolute atomic E-state index is 0.0383. The van der Waals surface area contributed by atoms with Crippen molar-refractivity contribution in [1.29, 1.82) is 0 Å². The van der Waals surface area contributed by atoms with E-state index in [1.165, 1.54) is 24.8 Å². The first-order valence-electron chi connectivity index (χ1n) is 5.10. The molecule has 0 radical (unpaired) electrons. The van der Waals surface area contributed by atoms with Gasteiger partial charge in [0.1, 0.15) is 6.33 Å². The van der Waals surface area contributed by atoms with Crippen LogP contribution in [0, 0.1) is 0 Å². The molecule has 6 nitrogen and oxygen atoms in total. The molecule has 2 rings (SSSR count). The summed E-state index contributed by atoms with van der Waals surface area (Å²) in [7, 11) is -3.75. The summed E-state index contributed by atoms with van der Waals surface area (Å²) in [5, 5.41) is 9.13. The van der Waals surface area contributed by atoms with Gasteiger partial charge in [0.15, 0.2) is 0 Å². The van der Waals surface area contributed by atoms with Crippen molar-refractivity contribution in [2.45, 2.75) is 11.5 Å². The van der Waals surface area contributed by atoms with E-state index in [1.54, 1.807) is 18.2 Å². The molecule has 2 N–H and O–H groups in total. The van der Waals surface area contributed by atoms with Crippen molar-refractivity contribution in [3.63, 3.8) is 0 Å². The van der Waals surface area contributed by atoms with Crippen molar-refractivity contribution in [3.05, 3.63) is 48.5 Å². The van der Waals surface area contributed by atoms with E-state index in [2.05, 4.69) is 14.7 Å². The number of nitrogens with zero attached hydrogens (tertiary/aromatic N) is 2. The van der Waals surface area contributed by atoms with Gasteiger partial charge in [-0.15, -0.1) is 0 Å². The lowest BCUT2D eigenvalue weighted by atomic mass is 10.2. The van der Waals surface area contributed by atoms with E-state index in [4.69, 9.17) is 5.11 Å².